The Morgan fingerprint density at radius 1 is 0.323 bits per heavy atom. The highest BCUT2D eigenvalue weighted by Crippen LogP contribution is 2.14. The van der Waals surface area contributed by atoms with Crippen molar-refractivity contribution in [2.45, 2.75) is 245 Å². The maximum atomic E-state index is 12.7. The predicted octanol–water partition coefficient (Wildman–Crippen LogP) is 17.8. The molecule has 6 heteroatoms. The van der Waals surface area contributed by atoms with Crippen molar-refractivity contribution in [3.63, 3.8) is 0 Å². The van der Waals surface area contributed by atoms with Crippen LogP contribution in [0.3, 0.4) is 0 Å². The molecule has 0 aliphatic heterocycles. The molecule has 0 fully saturated rings. The van der Waals surface area contributed by atoms with E-state index in [9.17, 15) is 14.4 Å². The van der Waals surface area contributed by atoms with Crippen LogP contribution in [0.15, 0.2) is 97.2 Å². The molecule has 0 aromatic rings. The van der Waals surface area contributed by atoms with Gasteiger partial charge in [-0.3, -0.25) is 14.4 Å². The summed E-state index contributed by atoms with van der Waals surface area (Å²) in [5.74, 6) is -0.943. The highest BCUT2D eigenvalue weighted by molar-refractivity contribution is 5.71. The van der Waals surface area contributed by atoms with Crippen molar-refractivity contribution in [1.29, 1.82) is 0 Å². The topological polar surface area (TPSA) is 78.9 Å². The molecular formula is C59H98O6. The van der Waals surface area contributed by atoms with Gasteiger partial charge in [0.05, 0.1) is 0 Å². The number of hydrogen-bond donors (Lipinski definition) is 0. The first-order valence-corrected chi connectivity index (χ1v) is 26.7. The molecule has 0 heterocycles. The Morgan fingerprint density at radius 3 is 0.938 bits per heavy atom. The Bertz CT molecular complexity index is 1310. The van der Waals surface area contributed by atoms with Gasteiger partial charge in [-0.15, -0.1) is 0 Å². The Kier molecular flexibility index (Phi) is 50.0. The molecule has 1 atom stereocenters. The van der Waals surface area contributed by atoms with E-state index in [1.54, 1.807) is 0 Å². The summed E-state index contributed by atoms with van der Waals surface area (Å²) >= 11 is 0. The number of allylic oxidation sites excluding steroid dienone is 16. The van der Waals surface area contributed by atoms with Gasteiger partial charge in [-0.2, -0.15) is 0 Å². The second-order valence-corrected chi connectivity index (χ2v) is 17.4. The van der Waals surface area contributed by atoms with Gasteiger partial charge in [0.2, 0.25) is 0 Å². The minimum Gasteiger partial charge on any atom is -0.462 e. The molecule has 0 radical (unpaired) electrons. The predicted molar refractivity (Wildman–Crippen MR) is 279 cm³/mol. The number of carbonyl (C=O) groups excluding carboxylic acids is 3. The third-order valence-corrected chi connectivity index (χ3v) is 11.1. The molecule has 0 aromatic heterocycles. The van der Waals surface area contributed by atoms with Crippen molar-refractivity contribution in [2.75, 3.05) is 13.2 Å². The van der Waals surface area contributed by atoms with Crippen molar-refractivity contribution in [3.8, 4) is 0 Å². The number of rotatable bonds is 47. The normalized spacial score (nSPS) is 12.8. The molecule has 6 nitrogen and oxygen atoms in total. The van der Waals surface area contributed by atoms with Gasteiger partial charge >= 0.3 is 17.9 Å². The second kappa shape index (κ2) is 52.9. The summed E-state index contributed by atoms with van der Waals surface area (Å²) in [6.07, 6.45) is 69.9. The van der Waals surface area contributed by atoms with Crippen LogP contribution in [0, 0.1) is 0 Å². The summed E-state index contributed by atoms with van der Waals surface area (Å²) in [7, 11) is 0. The van der Waals surface area contributed by atoms with E-state index in [1.165, 1.54) is 89.9 Å². The Morgan fingerprint density at radius 2 is 0.600 bits per heavy atom. The second-order valence-electron chi connectivity index (χ2n) is 17.4. The number of carbonyl (C=O) groups is 3. The average molecular weight is 903 g/mol. The van der Waals surface area contributed by atoms with Crippen LogP contribution in [0.25, 0.3) is 0 Å². The molecule has 0 rings (SSSR count). The monoisotopic (exact) mass is 903 g/mol. The SMILES string of the molecule is CC/C=C\C/C=C\C/C=C\C/C=C\C/C=C\C/C=C\C/C=C\C/C=C\CCCCC(=O)OCC(COC(=O)CCCCCCCCC)OC(=O)CCCCCCCCCCCCCCC. The molecule has 0 amide bonds. The van der Waals surface area contributed by atoms with Crippen LogP contribution in [0.4, 0.5) is 0 Å². The Labute approximate surface area is 400 Å². The molecule has 1 unspecified atom stereocenters. The average Bonchev–Trinajstić information content (AvgIpc) is 3.30. The van der Waals surface area contributed by atoms with Crippen molar-refractivity contribution in [1.82, 2.24) is 0 Å². The zero-order valence-electron chi connectivity index (χ0n) is 42.2. The van der Waals surface area contributed by atoms with Crippen molar-refractivity contribution in [3.05, 3.63) is 97.2 Å². The molecule has 0 saturated carbocycles. The van der Waals surface area contributed by atoms with Gasteiger partial charge < -0.3 is 14.2 Å². The molecule has 0 aliphatic rings. The summed E-state index contributed by atoms with van der Waals surface area (Å²) < 4.78 is 16.7. The molecule has 0 bridgehead atoms. The van der Waals surface area contributed by atoms with E-state index in [0.717, 1.165) is 109 Å². The fourth-order valence-electron chi connectivity index (χ4n) is 7.10. The molecular weight excluding hydrogens is 805 g/mol. The van der Waals surface area contributed by atoms with E-state index < -0.39 is 6.10 Å². The summed E-state index contributed by atoms with van der Waals surface area (Å²) in [4.78, 5) is 37.8. The van der Waals surface area contributed by atoms with E-state index in [1.807, 2.05) is 0 Å². The van der Waals surface area contributed by atoms with Crippen LogP contribution in [0.1, 0.15) is 239 Å². The number of hydrogen-bond acceptors (Lipinski definition) is 6. The number of esters is 3. The zero-order valence-corrected chi connectivity index (χ0v) is 42.2. The summed E-state index contributed by atoms with van der Waals surface area (Å²) in [6, 6.07) is 0. The third kappa shape index (κ3) is 51.2. The van der Waals surface area contributed by atoms with Crippen molar-refractivity contribution < 1.29 is 28.6 Å². The molecule has 0 spiro atoms. The van der Waals surface area contributed by atoms with Crippen LogP contribution in [0.5, 0.6) is 0 Å². The molecule has 370 valence electrons. The van der Waals surface area contributed by atoms with Gasteiger partial charge in [0.1, 0.15) is 13.2 Å². The molecule has 0 N–H and O–H groups in total. The first kappa shape index (κ1) is 61.3. The lowest BCUT2D eigenvalue weighted by Gasteiger charge is -2.18. The maximum Gasteiger partial charge on any atom is 0.306 e. The highest BCUT2D eigenvalue weighted by atomic mass is 16.6. The molecule has 0 aromatic carbocycles. The van der Waals surface area contributed by atoms with Gasteiger partial charge in [-0.25, -0.2) is 0 Å². The Hall–Kier alpha value is -3.67. The Balaban J connectivity index is 4.29. The fourth-order valence-corrected chi connectivity index (χ4v) is 7.10. The van der Waals surface area contributed by atoms with Gasteiger partial charge in [0.25, 0.3) is 0 Å². The first-order chi connectivity index (χ1) is 32.0. The molecule has 0 aliphatic carbocycles. The lowest BCUT2D eigenvalue weighted by Crippen LogP contribution is -2.30. The van der Waals surface area contributed by atoms with Crippen LogP contribution in [0.2, 0.25) is 0 Å². The highest BCUT2D eigenvalue weighted by Gasteiger charge is 2.19. The quantitative estimate of drug-likeness (QED) is 0.0262. The van der Waals surface area contributed by atoms with Crippen LogP contribution in [-0.2, 0) is 28.6 Å². The lowest BCUT2D eigenvalue weighted by molar-refractivity contribution is -0.167. The van der Waals surface area contributed by atoms with Gasteiger partial charge in [0, 0.05) is 19.3 Å². The number of unbranched alkanes of at least 4 members (excludes halogenated alkanes) is 20. The number of ether oxygens (including phenoxy) is 3. The van der Waals surface area contributed by atoms with E-state index in [-0.39, 0.29) is 31.1 Å². The minimum atomic E-state index is -0.790. The van der Waals surface area contributed by atoms with Gasteiger partial charge in [-0.05, 0) is 83.5 Å². The largest absolute Gasteiger partial charge is 0.462 e. The standard InChI is InChI=1S/C59H98O6/c1-4-7-10-13-16-18-20-22-23-24-25-26-27-28-29-30-31-32-33-34-35-37-38-40-43-46-49-52-58(61)64-55-56(54-63-57(60)51-48-45-42-15-12-9-6-3)65-59(62)53-50-47-44-41-39-36-21-19-17-14-11-8-5-2/h7,10,16,18,22-23,25-26,28-29,31-32,34-35,38,40,56H,4-6,8-9,11-15,17,19-21,24,27,30,33,36-37,39,41-55H2,1-3H3/b10-7-,18-16-,23-22-,26-25-,29-28-,32-31-,35-34-,40-38-. The maximum absolute atomic E-state index is 12.7. The van der Waals surface area contributed by atoms with Crippen molar-refractivity contribution in [2.24, 2.45) is 0 Å². The minimum absolute atomic E-state index is 0.0897. The van der Waals surface area contributed by atoms with E-state index in [0.29, 0.717) is 19.3 Å². The molecule has 65 heavy (non-hydrogen) atoms. The van der Waals surface area contributed by atoms with Crippen LogP contribution >= 0.6 is 0 Å². The smallest absolute Gasteiger partial charge is 0.306 e. The summed E-state index contributed by atoms with van der Waals surface area (Å²) in [5.41, 5.74) is 0. The van der Waals surface area contributed by atoms with Gasteiger partial charge in [-0.1, -0.05) is 234 Å². The fraction of sp³-hybridized carbons (Fsp3) is 0.678. The van der Waals surface area contributed by atoms with Crippen LogP contribution < -0.4 is 0 Å². The zero-order chi connectivity index (χ0) is 47.2. The van der Waals surface area contributed by atoms with E-state index >= 15 is 0 Å². The summed E-state index contributed by atoms with van der Waals surface area (Å²) in [5, 5.41) is 0. The van der Waals surface area contributed by atoms with Crippen LogP contribution in [-0.4, -0.2) is 37.2 Å². The summed E-state index contributed by atoms with van der Waals surface area (Å²) in [6.45, 7) is 6.44. The van der Waals surface area contributed by atoms with E-state index in [4.69, 9.17) is 14.2 Å². The van der Waals surface area contributed by atoms with Crippen molar-refractivity contribution >= 4 is 17.9 Å². The van der Waals surface area contributed by atoms with Gasteiger partial charge in [0.15, 0.2) is 6.10 Å². The lowest BCUT2D eigenvalue weighted by atomic mass is 10.0. The third-order valence-electron chi connectivity index (χ3n) is 11.1. The first-order valence-electron chi connectivity index (χ1n) is 26.7. The van der Waals surface area contributed by atoms with E-state index in [2.05, 4.69) is 118 Å². The molecule has 0 saturated heterocycles.